The van der Waals surface area contributed by atoms with Gasteiger partial charge in [0.05, 0.1) is 12.1 Å². The Morgan fingerprint density at radius 2 is 1.77 bits per heavy atom. The number of ketones is 1. The lowest BCUT2D eigenvalue weighted by Gasteiger charge is -2.09. The summed E-state index contributed by atoms with van der Waals surface area (Å²) in [6.45, 7) is 1.09. The van der Waals surface area contributed by atoms with Crippen LogP contribution in [0.25, 0.3) is 0 Å². The quantitative estimate of drug-likeness (QED) is 0.643. The summed E-state index contributed by atoms with van der Waals surface area (Å²) in [5.74, 6) is -0.715. The normalized spacial score (nSPS) is 11.3. The topological polar surface area (TPSA) is 48.3 Å². The van der Waals surface area contributed by atoms with Crippen molar-refractivity contribution >= 4 is 11.8 Å². The van der Waals surface area contributed by atoms with E-state index in [9.17, 15) is 22.8 Å². The fraction of sp³-hybridized carbons (Fsp3) is 0.200. The molecule has 0 spiro atoms. The van der Waals surface area contributed by atoms with Crippen molar-refractivity contribution in [2.75, 3.05) is 0 Å². The summed E-state index contributed by atoms with van der Waals surface area (Å²) in [6.07, 6.45) is -2.90. The Kier molecular flexibility index (Phi) is 4.35. The van der Waals surface area contributed by atoms with Crippen LogP contribution in [0.1, 0.15) is 22.8 Å². The van der Waals surface area contributed by atoms with Gasteiger partial charge in [-0.15, -0.1) is 0 Å². The largest absolute Gasteiger partial charge is 0.416 e. The van der Waals surface area contributed by atoms with Crippen LogP contribution in [0.2, 0.25) is 0 Å². The van der Waals surface area contributed by atoms with Gasteiger partial charge in [-0.3, -0.25) is 9.59 Å². The molecule has 22 heavy (non-hydrogen) atoms. The van der Waals surface area contributed by atoms with E-state index >= 15 is 0 Å². The minimum atomic E-state index is -4.44. The molecule has 7 heteroatoms. The molecule has 1 heterocycles. The van der Waals surface area contributed by atoms with E-state index in [0.29, 0.717) is 0 Å². The van der Waals surface area contributed by atoms with E-state index in [1.807, 2.05) is 0 Å². The molecule has 0 aliphatic heterocycles. The minimum Gasteiger partial charge on any atom is -0.409 e. The van der Waals surface area contributed by atoms with Gasteiger partial charge in [-0.25, -0.2) is 0 Å². The van der Waals surface area contributed by atoms with Gasteiger partial charge in [0, 0.05) is 24.8 Å². The van der Waals surface area contributed by atoms with Gasteiger partial charge in [0.1, 0.15) is 0 Å². The summed E-state index contributed by atoms with van der Waals surface area (Å²) in [7, 11) is 0. The number of halogens is 3. The van der Waals surface area contributed by atoms with Crippen LogP contribution in [0.4, 0.5) is 13.2 Å². The summed E-state index contributed by atoms with van der Waals surface area (Å²) < 4.78 is 43.7. The molecule has 0 fully saturated rings. The molecular weight excluding hydrogens is 299 g/mol. The van der Waals surface area contributed by atoms with Crippen molar-refractivity contribution < 1.29 is 27.5 Å². The molecular formula is C15H12F3NO3. The first-order valence-corrected chi connectivity index (χ1v) is 6.31. The second-order valence-electron chi connectivity index (χ2n) is 4.57. The van der Waals surface area contributed by atoms with Crippen LogP contribution in [0.3, 0.4) is 0 Å². The second kappa shape index (κ2) is 6.05. The number of esters is 1. The van der Waals surface area contributed by atoms with Crippen LogP contribution in [-0.2, 0) is 17.5 Å². The van der Waals surface area contributed by atoms with Crippen molar-refractivity contribution in [1.82, 2.24) is 4.57 Å². The summed E-state index contributed by atoms with van der Waals surface area (Å²) in [4.78, 5) is 23.0. The van der Waals surface area contributed by atoms with Crippen LogP contribution in [0, 0.1) is 0 Å². The van der Waals surface area contributed by atoms with Gasteiger partial charge in [0.25, 0.3) is 0 Å². The number of alkyl halides is 3. The van der Waals surface area contributed by atoms with Gasteiger partial charge in [-0.2, -0.15) is 13.2 Å². The number of carbonyl (C=O) groups is 2. The number of ether oxygens (including phenoxy) is 1. The number of nitrogens with zero attached hydrogens (tertiary/aromatic N) is 1. The molecule has 0 atom stereocenters. The number of Topliss-reactive ketones (excluding diaryl/α,β-unsaturated/α-hetero) is 1. The molecule has 4 nitrogen and oxygen atoms in total. The fourth-order valence-corrected chi connectivity index (χ4v) is 1.86. The zero-order chi connectivity index (χ0) is 16.3. The van der Waals surface area contributed by atoms with Gasteiger partial charge >= 0.3 is 12.1 Å². The molecule has 0 N–H and O–H groups in total. The SMILES string of the molecule is CC(=O)Oc1cccn1CC(=O)c1ccc(C(F)(F)F)cc1. The highest BCUT2D eigenvalue weighted by Crippen LogP contribution is 2.29. The van der Waals surface area contributed by atoms with Crippen molar-refractivity contribution in [2.45, 2.75) is 19.6 Å². The Balaban J connectivity index is 2.13. The third kappa shape index (κ3) is 3.75. The van der Waals surface area contributed by atoms with Crippen LogP contribution < -0.4 is 4.74 Å². The molecule has 2 rings (SSSR count). The van der Waals surface area contributed by atoms with Crippen molar-refractivity contribution in [3.8, 4) is 5.88 Å². The minimum absolute atomic E-state index is 0.138. The van der Waals surface area contributed by atoms with E-state index in [1.165, 1.54) is 17.6 Å². The molecule has 1 aromatic carbocycles. The Labute approximate surface area is 124 Å². The number of carbonyl (C=O) groups excluding carboxylic acids is 2. The molecule has 1 aromatic heterocycles. The van der Waals surface area contributed by atoms with Crippen molar-refractivity contribution in [2.24, 2.45) is 0 Å². The first kappa shape index (κ1) is 15.8. The maximum Gasteiger partial charge on any atom is 0.416 e. The zero-order valence-corrected chi connectivity index (χ0v) is 11.6. The molecule has 0 aliphatic rings. The van der Waals surface area contributed by atoms with Crippen LogP contribution >= 0.6 is 0 Å². The number of rotatable bonds is 4. The summed E-state index contributed by atoms with van der Waals surface area (Å²) >= 11 is 0. The molecule has 0 saturated heterocycles. The number of hydrogen-bond acceptors (Lipinski definition) is 3. The van der Waals surface area contributed by atoms with Crippen molar-refractivity contribution in [3.05, 3.63) is 53.7 Å². The van der Waals surface area contributed by atoms with Crippen molar-refractivity contribution in [1.29, 1.82) is 0 Å². The predicted octanol–water partition coefficient (Wildman–Crippen LogP) is 3.32. The van der Waals surface area contributed by atoms with Gasteiger partial charge in [-0.1, -0.05) is 12.1 Å². The van der Waals surface area contributed by atoms with E-state index in [1.54, 1.807) is 12.3 Å². The number of hydrogen-bond donors (Lipinski definition) is 0. The monoisotopic (exact) mass is 311 g/mol. The number of benzene rings is 1. The lowest BCUT2D eigenvalue weighted by atomic mass is 10.1. The standard InChI is InChI=1S/C15H12F3NO3/c1-10(20)22-14-3-2-8-19(14)9-13(21)11-4-6-12(7-5-11)15(16,17)18/h2-8H,9H2,1H3. The smallest absolute Gasteiger partial charge is 0.409 e. The highest BCUT2D eigenvalue weighted by molar-refractivity contribution is 5.96. The second-order valence-corrected chi connectivity index (χ2v) is 4.57. The Hall–Kier alpha value is -2.57. The lowest BCUT2D eigenvalue weighted by molar-refractivity contribution is -0.137. The molecule has 2 aromatic rings. The molecule has 0 bridgehead atoms. The van der Waals surface area contributed by atoms with Crippen LogP contribution in [-0.4, -0.2) is 16.3 Å². The summed E-state index contributed by atoms with van der Waals surface area (Å²) in [5, 5.41) is 0. The average Bonchev–Trinajstić information content (AvgIpc) is 2.84. The maximum absolute atomic E-state index is 12.5. The van der Waals surface area contributed by atoms with Crippen LogP contribution in [0.5, 0.6) is 5.88 Å². The Bertz CT molecular complexity index is 687. The van der Waals surface area contributed by atoms with E-state index in [2.05, 4.69) is 0 Å². The third-order valence-corrected chi connectivity index (χ3v) is 2.88. The molecule has 0 radical (unpaired) electrons. The molecule has 0 saturated carbocycles. The Morgan fingerprint density at radius 1 is 1.14 bits per heavy atom. The van der Waals surface area contributed by atoms with E-state index < -0.39 is 23.5 Å². The fourth-order valence-electron chi connectivity index (χ4n) is 1.86. The zero-order valence-electron chi connectivity index (χ0n) is 11.6. The molecule has 0 amide bonds. The highest BCUT2D eigenvalue weighted by atomic mass is 19.4. The van der Waals surface area contributed by atoms with Gasteiger partial charge < -0.3 is 9.30 Å². The molecule has 0 unspecified atom stereocenters. The molecule has 0 aliphatic carbocycles. The first-order chi connectivity index (χ1) is 10.3. The average molecular weight is 311 g/mol. The van der Waals surface area contributed by atoms with Gasteiger partial charge in [0.2, 0.25) is 5.88 Å². The summed E-state index contributed by atoms with van der Waals surface area (Å²) in [6, 6.07) is 7.08. The van der Waals surface area contributed by atoms with Crippen molar-refractivity contribution in [3.63, 3.8) is 0 Å². The number of aromatic nitrogens is 1. The third-order valence-electron chi connectivity index (χ3n) is 2.88. The maximum atomic E-state index is 12.5. The van der Waals surface area contributed by atoms with E-state index in [0.717, 1.165) is 24.3 Å². The lowest BCUT2D eigenvalue weighted by Crippen LogP contribution is -2.13. The van der Waals surface area contributed by atoms with E-state index in [-0.39, 0.29) is 18.0 Å². The first-order valence-electron chi connectivity index (χ1n) is 6.31. The summed E-state index contributed by atoms with van der Waals surface area (Å²) in [5.41, 5.74) is -0.666. The van der Waals surface area contributed by atoms with Gasteiger partial charge in [-0.05, 0) is 18.2 Å². The van der Waals surface area contributed by atoms with E-state index in [4.69, 9.17) is 4.74 Å². The van der Waals surface area contributed by atoms with Crippen LogP contribution in [0.15, 0.2) is 42.6 Å². The van der Waals surface area contributed by atoms with Gasteiger partial charge in [0.15, 0.2) is 5.78 Å². The predicted molar refractivity (Wildman–Crippen MR) is 71.5 cm³/mol. The molecule has 116 valence electrons. The Morgan fingerprint density at radius 3 is 2.32 bits per heavy atom. The highest BCUT2D eigenvalue weighted by Gasteiger charge is 2.30.